The third kappa shape index (κ3) is 2.58. The summed E-state index contributed by atoms with van der Waals surface area (Å²) in [6.45, 7) is 2.86. The first-order valence-electron chi connectivity index (χ1n) is 5.74. The first-order valence-corrected chi connectivity index (χ1v) is 5.74. The van der Waals surface area contributed by atoms with E-state index in [4.69, 9.17) is 9.47 Å². The highest BCUT2D eigenvalue weighted by atomic mass is 16.6. The second kappa shape index (κ2) is 5.19. The molecule has 0 saturated heterocycles. The molecule has 2 unspecified atom stereocenters. The number of carbonyl (C=O) groups excluding carboxylic acids is 1. The zero-order valence-electron chi connectivity index (χ0n) is 10.1. The van der Waals surface area contributed by atoms with Gasteiger partial charge in [-0.15, -0.1) is 0 Å². The van der Waals surface area contributed by atoms with Crippen LogP contribution in [0.25, 0.3) is 0 Å². The lowest BCUT2D eigenvalue weighted by Gasteiger charge is -2.15. The van der Waals surface area contributed by atoms with Crippen molar-refractivity contribution in [2.75, 3.05) is 25.6 Å². The van der Waals surface area contributed by atoms with Crippen LogP contribution in [-0.2, 0) is 14.3 Å². The van der Waals surface area contributed by atoms with Gasteiger partial charge in [-0.05, 0) is 18.6 Å². The van der Waals surface area contributed by atoms with Gasteiger partial charge in [0.25, 0.3) is 0 Å². The second-order valence-corrected chi connectivity index (χ2v) is 4.22. The molecule has 0 aromatic heterocycles. The number of esters is 1. The number of ether oxygens (including phenoxy) is 2. The molecule has 17 heavy (non-hydrogen) atoms. The largest absolute Gasteiger partial charge is 0.460 e. The van der Waals surface area contributed by atoms with Crippen LogP contribution in [0.1, 0.15) is 18.4 Å². The van der Waals surface area contributed by atoms with E-state index in [1.807, 2.05) is 31.2 Å². The van der Waals surface area contributed by atoms with E-state index in [-0.39, 0.29) is 18.0 Å². The smallest absolute Gasteiger partial charge is 0.315 e. The number of carbonyl (C=O) groups is 1. The molecule has 4 heteroatoms. The molecule has 0 aliphatic carbocycles. The Bertz CT molecular complexity index is 405. The summed E-state index contributed by atoms with van der Waals surface area (Å²) in [4.78, 5) is 12.0. The summed E-state index contributed by atoms with van der Waals surface area (Å²) in [6, 6.07) is 7.82. The minimum atomic E-state index is -0.208. The molecule has 0 radical (unpaired) electrons. The molecule has 1 N–H and O–H groups in total. The summed E-state index contributed by atoms with van der Waals surface area (Å²) < 4.78 is 10.3. The summed E-state index contributed by atoms with van der Waals surface area (Å²) in [6.07, 6.45) is -0.208. The number of para-hydroxylation sites is 1. The van der Waals surface area contributed by atoms with Gasteiger partial charge in [-0.25, -0.2) is 0 Å². The number of nitrogens with one attached hydrogen (secondary N) is 1. The van der Waals surface area contributed by atoms with Crippen molar-refractivity contribution < 1.29 is 14.3 Å². The molecule has 92 valence electrons. The summed E-state index contributed by atoms with van der Waals surface area (Å²) in [5.74, 6) is -0.391. The fourth-order valence-electron chi connectivity index (χ4n) is 2.04. The van der Waals surface area contributed by atoms with E-state index < -0.39 is 0 Å². The highest BCUT2D eigenvalue weighted by Crippen LogP contribution is 2.31. The van der Waals surface area contributed by atoms with Crippen molar-refractivity contribution in [2.24, 2.45) is 0 Å². The molecule has 2 atom stereocenters. The van der Waals surface area contributed by atoms with Crippen molar-refractivity contribution in [3.8, 4) is 0 Å². The Morgan fingerprint density at radius 3 is 3.06 bits per heavy atom. The second-order valence-electron chi connectivity index (χ2n) is 4.22. The van der Waals surface area contributed by atoms with Gasteiger partial charge in [0, 0.05) is 19.3 Å². The minimum Gasteiger partial charge on any atom is -0.460 e. The maximum Gasteiger partial charge on any atom is 0.315 e. The summed E-state index contributed by atoms with van der Waals surface area (Å²) >= 11 is 0. The molecule has 1 aromatic rings. The topological polar surface area (TPSA) is 47.6 Å². The van der Waals surface area contributed by atoms with E-state index in [2.05, 4.69) is 5.32 Å². The van der Waals surface area contributed by atoms with E-state index in [0.29, 0.717) is 13.2 Å². The van der Waals surface area contributed by atoms with Crippen LogP contribution in [0.2, 0.25) is 0 Å². The van der Waals surface area contributed by atoms with E-state index in [1.165, 1.54) is 0 Å². The van der Waals surface area contributed by atoms with E-state index >= 15 is 0 Å². The first-order chi connectivity index (χ1) is 8.22. The molecule has 0 bridgehead atoms. The summed E-state index contributed by atoms with van der Waals surface area (Å²) in [5.41, 5.74) is 2.04. The van der Waals surface area contributed by atoms with Gasteiger partial charge in [-0.3, -0.25) is 4.79 Å². The zero-order chi connectivity index (χ0) is 12.3. The molecule has 1 aliphatic heterocycles. The summed E-state index contributed by atoms with van der Waals surface area (Å²) in [7, 11) is 1.59. The molecule has 0 spiro atoms. The molecular formula is C13H17NO3. The predicted octanol–water partition coefficient (Wildman–Crippen LogP) is 1.77. The normalized spacial score (nSPS) is 19.3. The van der Waals surface area contributed by atoms with Crippen LogP contribution in [-0.4, -0.2) is 32.3 Å². The molecule has 2 rings (SSSR count). The van der Waals surface area contributed by atoms with E-state index in [0.717, 1.165) is 11.3 Å². The number of anilines is 1. The van der Waals surface area contributed by atoms with Gasteiger partial charge in [0.15, 0.2) is 0 Å². The average Bonchev–Trinajstić information content (AvgIpc) is 2.72. The lowest BCUT2D eigenvalue weighted by atomic mass is 10.0. The number of fused-ring (bicyclic) bond motifs is 1. The monoisotopic (exact) mass is 235 g/mol. The highest BCUT2D eigenvalue weighted by Gasteiger charge is 2.30. The van der Waals surface area contributed by atoms with E-state index in [1.54, 1.807) is 7.11 Å². The number of rotatable bonds is 4. The van der Waals surface area contributed by atoms with Crippen molar-refractivity contribution in [3.05, 3.63) is 29.8 Å². The standard InChI is InChI=1S/C13H17NO3/c1-9(8-16-2)17-13(15)11-7-14-12-6-4-3-5-10(11)12/h3-6,9,11,14H,7-8H2,1-2H3. The van der Waals surface area contributed by atoms with Crippen LogP contribution in [0.5, 0.6) is 0 Å². The molecule has 1 heterocycles. The van der Waals surface area contributed by atoms with Gasteiger partial charge in [0.05, 0.1) is 6.61 Å². The quantitative estimate of drug-likeness (QED) is 0.808. The van der Waals surface area contributed by atoms with Crippen LogP contribution >= 0.6 is 0 Å². The molecule has 0 amide bonds. The Hall–Kier alpha value is -1.55. The number of benzene rings is 1. The fraction of sp³-hybridized carbons (Fsp3) is 0.462. The average molecular weight is 235 g/mol. The van der Waals surface area contributed by atoms with Crippen LogP contribution < -0.4 is 5.32 Å². The summed E-state index contributed by atoms with van der Waals surface area (Å²) in [5, 5.41) is 3.20. The Morgan fingerprint density at radius 2 is 2.29 bits per heavy atom. The van der Waals surface area contributed by atoms with Gasteiger partial charge < -0.3 is 14.8 Å². The Morgan fingerprint density at radius 1 is 1.53 bits per heavy atom. The number of methoxy groups -OCH3 is 1. The van der Waals surface area contributed by atoms with Gasteiger partial charge in [0.2, 0.25) is 0 Å². The lowest BCUT2D eigenvalue weighted by molar-refractivity contribution is -0.151. The van der Waals surface area contributed by atoms with Gasteiger partial charge in [-0.2, -0.15) is 0 Å². The van der Waals surface area contributed by atoms with Crippen molar-refractivity contribution >= 4 is 11.7 Å². The molecule has 0 fully saturated rings. The van der Waals surface area contributed by atoms with E-state index in [9.17, 15) is 4.79 Å². The Kier molecular flexibility index (Phi) is 3.64. The van der Waals surface area contributed by atoms with Gasteiger partial charge in [-0.1, -0.05) is 18.2 Å². The van der Waals surface area contributed by atoms with Crippen molar-refractivity contribution in [2.45, 2.75) is 18.9 Å². The Labute approximate surface area is 101 Å². The fourth-order valence-corrected chi connectivity index (χ4v) is 2.04. The van der Waals surface area contributed by atoms with Crippen LogP contribution in [0, 0.1) is 0 Å². The third-order valence-corrected chi connectivity index (χ3v) is 2.84. The molecule has 1 aliphatic rings. The highest BCUT2D eigenvalue weighted by molar-refractivity contribution is 5.83. The van der Waals surface area contributed by atoms with Crippen molar-refractivity contribution in [1.82, 2.24) is 0 Å². The van der Waals surface area contributed by atoms with Crippen molar-refractivity contribution in [1.29, 1.82) is 0 Å². The molecular weight excluding hydrogens is 218 g/mol. The maximum atomic E-state index is 12.0. The lowest BCUT2D eigenvalue weighted by Crippen LogP contribution is -2.25. The minimum absolute atomic E-state index is 0.188. The molecule has 1 aromatic carbocycles. The predicted molar refractivity (Wildman–Crippen MR) is 65.1 cm³/mol. The van der Waals surface area contributed by atoms with Crippen LogP contribution in [0.15, 0.2) is 24.3 Å². The van der Waals surface area contributed by atoms with Crippen LogP contribution in [0.4, 0.5) is 5.69 Å². The first kappa shape index (κ1) is 11.9. The number of hydrogen-bond acceptors (Lipinski definition) is 4. The van der Waals surface area contributed by atoms with Gasteiger partial charge in [0.1, 0.15) is 12.0 Å². The molecule has 4 nitrogen and oxygen atoms in total. The molecule has 0 saturated carbocycles. The van der Waals surface area contributed by atoms with Crippen molar-refractivity contribution in [3.63, 3.8) is 0 Å². The number of hydrogen-bond donors (Lipinski definition) is 1. The van der Waals surface area contributed by atoms with Crippen LogP contribution in [0.3, 0.4) is 0 Å². The Balaban J connectivity index is 2.02. The third-order valence-electron chi connectivity index (χ3n) is 2.84. The zero-order valence-corrected chi connectivity index (χ0v) is 10.1. The van der Waals surface area contributed by atoms with Gasteiger partial charge >= 0.3 is 5.97 Å². The maximum absolute atomic E-state index is 12.0. The SMILES string of the molecule is COCC(C)OC(=O)C1CNc2ccccc21.